The van der Waals surface area contributed by atoms with Crippen LogP contribution in [0.1, 0.15) is 5.56 Å². The zero-order valence-electron chi connectivity index (χ0n) is 10.5. The van der Waals surface area contributed by atoms with E-state index in [0.717, 1.165) is 10.0 Å². The molecule has 0 amide bonds. The van der Waals surface area contributed by atoms with Crippen LogP contribution in [0.3, 0.4) is 0 Å². The van der Waals surface area contributed by atoms with Gasteiger partial charge in [-0.1, -0.05) is 28.1 Å². The number of esters is 1. The number of halogens is 1. The van der Waals surface area contributed by atoms with Gasteiger partial charge in [-0.3, -0.25) is 4.79 Å². The van der Waals surface area contributed by atoms with Crippen LogP contribution in [0.2, 0.25) is 0 Å². The highest BCUT2D eigenvalue weighted by Gasteiger charge is 2.15. The first kappa shape index (κ1) is 13.0. The van der Waals surface area contributed by atoms with Gasteiger partial charge in [-0.25, -0.2) is 0 Å². The highest BCUT2D eigenvalue weighted by atomic mass is 79.9. The van der Waals surface area contributed by atoms with E-state index in [2.05, 4.69) is 15.9 Å². The minimum absolute atomic E-state index is 0.200. The van der Waals surface area contributed by atoms with E-state index < -0.39 is 0 Å². The van der Waals surface area contributed by atoms with Crippen molar-refractivity contribution in [2.24, 2.45) is 0 Å². The molecule has 102 valence electrons. The molecule has 3 rings (SSSR count). The molecular formula is C15H11BrO4. The number of carbonyl (C=O) groups is 1. The van der Waals surface area contributed by atoms with Crippen LogP contribution in [-0.4, -0.2) is 12.8 Å². The lowest BCUT2D eigenvalue weighted by atomic mass is 10.1. The third-order valence-corrected chi connectivity index (χ3v) is 3.37. The molecule has 0 spiro atoms. The number of hydrogen-bond acceptors (Lipinski definition) is 4. The maximum absolute atomic E-state index is 11.9. The summed E-state index contributed by atoms with van der Waals surface area (Å²) < 4.78 is 16.7. The van der Waals surface area contributed by atoms with Crippen LogP contribution in [0.4, 0.5) is 0 Å². The number of rotatable bonds is 3. The summed E-state index contributed by atoms with van der Waals surface area (Å²) in [6.07, 6.45) is 0.224. The van der Waals surface area contributed by atoms with Crippen molar-refractivity contribution in [1.82, 2.24) is 0 Å². The maximum atomic E-state index is 11.9. The lowest BCUT2D eigenvalue weighted by molar-refractivity contribution is -0.133. The van der Waals surface area contributed by atoms with E-state index >= 15 is 0 Å². The molecule has 20 heavy (non-hydrogen) atoms. The van der Waals surface area contributed by atoms with Gasteiger partial charge < -0.3 is 14.2 Å². The summed E-state index contributed by atoms with van der Waals surface area (Å²) in [7, 11) is 0. The standard InChI is InChI=1S/C15H11BrO4/c16-11-3-1-10(2-4-11)7-15(17)20-12-5-6-13-14(8-12)19-9-18-13/h1-6,8H,7,9H2. The quantitative estimate of drug-likeness (QED) is 0.638. The molecule has 1 aliphatic heterocycles. The minimum atomic E-state index is -0.314. The Labute approximate surface area is 124 Å². The Balaban J connectivity index is 1.65. The molecule has 0 N–H and O–H groups in total. The van der Waals surface area contributed by atoms with Crippen molar-refractivity contribution in [2.75, 3.05) is 6.79 Å². The molecule has 0 aromatic heterocycles. The molecule has 2 aromatic rings. The van der Waals surface area contributed by atoms with E-state index in [1.165, 1.54) is 0 Å². The van der Waals surface area contributed by atoms with E-state index in [0.29, 0.717) is 17.2 Å². The molecule has 2 aromatic carbocycles. The van der Waals surface area contributed by atoms with Crippen LogP contribution >= 0.6 is 15.9 Å². The summed E-state index contributed by atoms with van der Waals surface area (Å²) in [5, 5.41) is 0. The summed E-state index contributed by atoms with van der Waals surface area (Å²) in [4.78, 5) is 11.9. The van der Waals surface area contributed by atoms with Gasteiger partial charge in [0.05, 0.1) is 6.42 Å². The average Bonchev–Trinajstić information content (AvgIpc) is 2.89. The SMILES string of the molecule is O=C(Cc1ccc(Br)cc1)Oc1ccc2c(c1)OCO2. The number of fused-ring (bicyclic) bond motifs is 1. The highest BCUT2D eigenvalue weighted by molar-refractivity contribution is 9.10. The van der Waals surface area contributed by atoms with Crippen LogP contribution in [0.25, 0.3) is 0 Å². The largest absolute Gasteiger partial charge is 0.454 e. The normalized spacial score (nSPS) is 12.2. The zero-order chi connectivity index (χ0) is 13.9. The molecule has 0 fully saturated rings. The van der Waals surface area contributed by atoms with Crippen LogP contribution < -0.4 is 14.2 Å². The van der Waals surface area contributed by atoms with Gasteiger partial charge in [0.15, 0.2) is 11.5 Å². The second-order valence-corrected chi connectivity index (χ2v) is 5.21. The molecule has 0 atom stereocenters. The fourth-order valence-electron chi connectivity index (χ4n) is 1.88. The lowest BCUT2D eigenvalue weighted by Gasteiger charge is -2.05. The molecule has 0 unspecified atom stereocenters. The Morgan fingerprint density at radius 3 is 2.65 bits per heavy atom. The van der Waals surface area contributed by atoms with Crippen molar-refractivity contribution in [2.45, 2.75) is 6.42 Å². The molecule has 0 bridgehead atoms. The van der Waals surface area contributed by atoms with E-state index in [9.17, 15) is 4.79 Å². The summed E-state index contributed by atoms with van der Waals surface area (Å²) in [5.41, 5.74) is 0.902. The van der Waals surface area contributed by atoms with Crippen molar-refractivity contribution >= 4 is 21.9 Å². The predicted molar refractivity (Wildman–Crippen MR) is 76.0 cm³/mol. The number of benzene rings is 2. The van der Waals surface area contributed by atoms with Gasteiger partial charge in [0.25, 0.3) is 0 Å². The average molecular weight is 335 g/mol. The summed E-state index contributed by atoms with van der Waals surface area (Å²) in [5.74, 6) is 1.40. The predicted octanol–water partition coefficient (Wildman–Crippen LogP) is 3.33. The summed E-state index contributed by atoms with van der Waals surface area (Å²) in [6, 6.07) is 12.6. The van der Waals surface area contributed by atoms with Crippen LogP contribution in [-0.2, 0) is 11.2 Å². The van der Waals surface area contributed by atoms with Gasteiger partial charge in [-0.05, 0) is 29.8 Å². The Kier molecular flexibility index (Phi) is 3.60. The Hall–Kier alpha value is -2.01. The number of ether oxygens (including phenoxy) is 3. The second kappa shape index (κ2) is 5.54. The highest BCUT2D eigenvalue weighted by Crippen LogP contribution is 2.35. The van der Waals surface area contributed by atoms with Gasteiger partial charge in [-0.15, -0.1) is 0 Å². The molecule has 4 nitrogen and oxygen atoms in total. The van der Waals surface area contributed by atoms with E-state index in [-0.39, 0.29) is 19.2 Å². The minimum Gasteiger partial charge on any atom is -0.454 e. The van der Waals surface area contributed by atoms with Gasteiger partial charge in [-0.2, -0.15) is 0 Å². The van der Waals surface area contributed by atoms with E-state index in [1.807, 2.05) is 24.3 Å². The van der Waals surface area contributed by atoms with Crippen LogP contribution in [0, 0.1) is 0 Å². The van der Waals surface area contributed by atoms with Gasteiger partial charge in [0.1, 0.15) is 5.75 Å². The first-order valence-corrected chi connectivity index (χ1v) is 6.85. The third-order valence-electron chi connectivity index (χ3n) is 2.84. The Morgan fingerprint density at radius 2 is 1.85 bits per heavy atom. The van der Waals surface area contributed by atoms with Crippen molar-refractivity contribution < 1.29 is 19.0 Å². The fourth-order valence-corrected chi connectivity index (χ4v) is 2.14. The third kappa shape index (κ3) is 2.93. The van der Waals surface area contributed by atoms with Crippen molar-refractivity contribution in [3.63, 3.8) is 0 Å². The van der Waals surface area contributed by atoms with Crippen molar-refractivity contribution in [3.05, 3.63) is 52.5 Å². The number of hydrogen-bond donors (Lipinski definition) is 0. The summed E-state index contributed by atoms with van der Waals surface area (Å²) in [6.45, 7) is 0.200. The molecular weight excluding hydrogens is 324 g/mol. The van der Waals surface area contributed by atoms with Crippen LogP contribution in [0.15, 0.2) is 46.9 Å². The molecule has 0 saturated carbocycles. The summed E-state index contributed by atoms with van der Waals surface area (Å²) >= 11 is 3.35. The molecule has 0 radical (unpaired) electrons. The molecule has 0 aliphatic carbocycles. The molecule has 1 heterocycles. The molecule has 0 saturated heterocycles. The zero-order valence-corrected chi connectivity index (χ0v) is 12.1. The monoisotopic (exact) mass is 334 g/mol. The molecule has 5 heteroatoms. The molecule has 1 aliphatic rings. The van der Waals surface area contributed by atoms with Crippen molar-refractivity contribution in [3.8, 4) is 17.2 Å². The van der Waals surface area contributed by atoms with Gasteiger partial charge >= 0.3 is 5.97 Å². The smallest absolute Gasteiger partial charge is 0.315 e. The number of carbonyl (C=O) groups excluding carboxylic acids is 1. The van der Waals surface area contributed by atoms with Crippen LogP contribution in [0.5, 0.6) is 17.2 Å². The van der Waals surface area contributed by atoms with Gasteiger partial charge in [0, 0.05) is 10.5 Å². The fraction of sp³-hybridized carbons (Fsp3) is 0.133. The first-order chi connectivity index (χ1) is 9.70. The first-order valence-electron chi connectivity index (χ1n) is 6.05. The maximum Gasteiger partial charge on any atom is 0.315 e. The Morgan fingerprint density at radius 1 is 1.10 bits per heavy atom. The topological polar surface area (TPSA) is 44.8 Å². The van der Waals surface area contributed by atoms with Crippen molar-refractivity contribution in [1.29, 1.82) is 0 Å². The second-order valence-electron chi connectivity index (χ2n) is 4.29. The van der Waals surface area contributed by atoms with E-state index in [1.54, 1.807) is 18.2 Å². The van der Waals surface area contributed by atoms with E-state index in [4.69, 9.17) is 14.2 Å². The Bertz CT molecular complexity index is 637. The van der Waals surface area contributed by atoms with Gasteiger partial charge in [0.2, 0.25) is 6.79 Å². The lowest BCUT2D eigenvalue weighted by Crippen LogP contribution is -2.11.